The SMILES string of the molecule is CC(C)C(O)c1cnc(C#C[Si](C)(C)C)nc1. The molecule has 0 bridgehead atoms. The first-order valence-corrected chi connectivity index (χ1v) is 9.33. The van der Waals surface area contributed by atoms with Gasteiger partial charge in [-0.2, -0.15) is 0 Å². The van der Waals surface area contributed by atoms with Gasteiger partial charge in [0.25, 0.3) is 0 Å². The third-order valence-corrected chi connectivity index (χ3v) is 3.07. The standard InChI is InChI=1S/C13H20N2OSi/c1-10(2)13(16)11-8-14-12(15-9-11)6-7-17(3,4)5/h8-10,13,16H,1-5H3. The molecule has 0 saturated carbocycles. The van der Waals surface area contributed by atoms with Crippen LogP contribution < -0.4 is 0 Å². The quantitative estimate of drug-likeness (QED) is 0.646. The fraction of sp³-hybridized carbons (Fsp3) is 0.538. The van der Waals surface area contributed by atoms with E-state index >= 15 is 0 Å². The molecule has 0 amide bonds. The van der Waals surface area contributed by atoms with Crippen molar-refractivity contribution in [3.8, 4) is 11.5 Å². The van der Waals surface area contributed by atoms with Gasteiger partial charge in [-0.25, -0.2) is 9.97 Å². The largest absolute Gasteiger partial charge is 0.388 e. The molecule has 1 unspecified atom stereocenters. The Balaban J connectivity index is 2.84. The van der Waals surface area contributed by atoms with Crippen molar-refractivity contribution in [1.82, 2.24) is 9.97 Å². The molecule has 1 aromatic rings. The van der Waals surface area contributed by atoms with Crippen molar-refractivity contribution in [1.29, 1.82) is 0 Å². The van der Waals surface area contributed by atoms with Crippen LogP contribution in [0.15, 0.2) is 12.4 Å². The lowest BCUT2D eigenvalue weighted by Crippen LogP contribution is -2.16. The lowest BCUT2D eigenvalue weighted by atomic mass is 10.0. The summed E-state index contributed by atoms with van der Waals surface area (Å²) >= 11 is 0. The van der Waals surface area contributed by atoms with Gasteiger partial charge in [0.15, 0.2) is 0 Å². The maximum Gasteiger partial charge on any atom is 0.204 e. The molecule has 0 aliphatic heterocycles. The van der Waals surface area contributed by atoms with Crippen LogP contribution in [0.4, 0.5) is 0 Å². The molecule has 0 fully saturated rings. The normalized spacial score (nSPS) is 13.1. The summed E-state index contributed by atoms with van der Waals surface area (Å²) in [6, 6.07) is 0. The molecule has 17 heavy (non-hydrogen) atoms. The van der Waals surface area contributed by atoms with Gasteiger partial charge in [-0.3, -0.25) is 0 Å². The van der Waals surface area contributed by atoms with Crippen LogP contribution >= 0.6 is 0 Å². The Morgan fingerprint density at radius 2 is 1.71 bits per heavy atom. The second-order valence-electron chi connectivity index (χ2n) is 5.53. The zero-order valence-corrected chi connectivity index (χ0v) is 12.2. The molecule has 0 spiro atoms. The first-order valence-electron chi connectivity index (χ1n) is 5.83. The lowest BCUT2D eigenvalue weighted by Gasteiger charge is -2.13. The minimum Gasteiger partial charge on any atom is -0.388 e. The van der Waals surface area contributed by atoms with Gasteiger partial charge in [0, 0.05) is 18.0 Å². The molecule has 0 aromatic carbocycles. The Bertz CT molecular complexity index is 423. The highest BCUT2D eigenvalue weighted by Crippen LogP contribution is 2.19. The first-order chi connectivity index (χ1) is 7.79. The van der Waals surface area contributed by atoms with E-state index < -0.39 is 14.2 Å². The van der Waals surface area contributed by atoms with Crippen molar-refractivity contribution in [2.75, 3.05) is 0 Å². The van der Waals surface area contributed by atoms with Crippen LogP contribution in [0.5, 0.6) is 0 Å². The number of nitrogens with zero attached hydrogens (tertiary/aromatic N) is 2. The van der Waals surface area contributed by atoms with Gasteiger partial charge < -0.3 is 5.11 Å². The van der Waals surface area contributed by atoms with E-state index in [1.165, 1.54) is 0 Å². The van der Waals surface area contributed by atoms with E-state index in [0.29, 0.717) is 5.82 Å². The van der Waals surface area contributed by atoms with Gasteiger partial charge in [-0.05, 0) is 11.8 Å². The Kier molecular flexibility index (Phi) is 4.44. The van der Waals surface area contributed by atoms with E-state index in [4.69, 9.17) is 0 Å². The summed E-state index contributed by atoms with van der Waals surface area (Å²) in [6.07, 6.45) is 2.81. The van der Waals surface area contributed by atoms with Gasteiger partial charge in [-0.1, -0.05) is 33.5 Å². The van der Waals surface area contributed by atoms with Crippen molar-refractivity contribution in [2.24, 2.45) is 5.92 Å². The average Bonchev–Trinajstić information content (AvgIpc) is 2.25. The minimum absolute atomic E-state index is 0.164. The second-order valence-corrected chi connectivity index (χ2v) is 10.3. The van der Waals surface area contributed by atoms with Crippen LogP contribution in [0.1, 0.15) is 31.3 Å². The first kappa shape index (κ1) is 13.9. The summed E-state index contributed by atoms with van der Waals surface area (Å²) in [5.41, 5.74) is 3.96. The van der Waals surface area contributed by atoms with Crippen LogP contribution in [0.2, 0.25) is 19.6 Å². The van der Waals surface area contributed by atoms with Gasteiger partial charge in [0.1, 0.15) is 8.07 Å². The number of rotatable bonds is 2. The van der Waals surface area contributed by atoms with Crippen LogP contribution in [0, 0.1) is 17.4 Å². The summed E-state index contributed by atoms with van der Waals surface area (Å²) in [5, 5.41) is 9.84. The fourth-order valence-corrected chi connectivity index (χ4v) is 1.67. The molecule has 0 aliphatic carbocycles. The highest BCUT2D eigenvalue weighted by molar-refractivity contribution is 6.83. The van der Waals surface area contributed by atoms with E-state index in [2.05, 4.69) is 41.1 Å². The zero-order chi connectivity index (χ0) is 13.1. The van der Waals surface area contributed by atoms with E-state index in [1.807, 2.05) is 13.8 Å². The van der Waals surface area contributed by atoms with Crippen molar-refractivity contribution < 1.29 is 5.11 Å². The van der Waals surface area contributed by atoms with Crippen LogP contribution in [0.25, 0.3) is 0 Å². The molecule has 1 atom stereocenters. The molecule has 0 radical (unpaired) electrons. The molecule has 1 aromatic heterocycles. The van der Waals surface area contributed by atoms with E-state index in [0.717, 1.165) is 5.56 Å². The Hall–Kier alpha value is -1.18. The molecule has 1 N–H and O–H groups in total. The summed E-state index contributed by atoms with van der Waals surface area (Å²) in [4.78, 5) is 8.33. The van der Waals surface area contributed by atoms with Crippen molar-refractivity contribution in [3.63, 3.8) is 0 Å². The molecule has 0 saturated heterocycles. The molecule has 0 aliphatic rings. The van der Waals surface area contributed by atoms with Gasteiger partial charge in [-0.15, -0.1) is 5.54 Å². The lowest BCUT2D eigenvalue weighted by molar-refractivity contribution is 0.126. The number of hydrogen-bond acceptors (Lipinski definition) is 3. The number of aliphatic hydroxyl groups is 1. The Morgan fingerprint density at radius 1 is 1.18 bits per heavy atom. The predicted molar refractivity (Wildman–Crippen MR) is 72.1 cm³/mol. The highest BCUT2D eigenvalue weighted by atomic mass is 28.3. The molecule has 1 heterocycles. The van der Waals surface area contributed by atoms with E-state index in [9.17, 15) is 5.11 Å². The maximum absolute atomic E-state index is 9.84. The van der Waals surface area contributed by atoms with Crippen LogP contribution in [-0.4, -0.2) is 23.1 Å². The third-order valence-electron chi connectivity index (χ3n) is 2.19. The summed E-state index contributed by atoms with van der Waals surface area (Å²) in [5.74, 6) is 3.69. The monoisotopic (exact) mass is 248 g/mol. The zero-order valence-electron chi connectivity index (χ0n) is 11.2. The second kappa shape index (κ2) is 5.43. The molecule has 92 valence electrons. The minimum atomic E-state index is -1.38. The number of hydrogen-bond donors (Lipinski definition) is 1. The third kappa shape index (κ3) is 4.68. The van der Waals surface area contributed by atoms with Crippen molar-refractivity contribution in [3.05, 3.63) is 23.8 Å². The van der Waals surface area contributed by atoms with Gasteiger partial charge >= 0.3 is 0 Å². The topological polar surface area (TPSA) is 46.0 Å². The molecular formula is C13H20N2OSi. The molecular weight excluding hydrogens is 228 g/mol. The number of aliphatic hydroxyl groups excluding tert-OH is 1. The molecule has 4 heteroatoms. The van der Waals surface area contributed by atoms with E-state index in [1.54, 1.807) is 12.4 Å². The van der Waals surface area contributed by atoms with Crippen molar-refractivity contribution in [2.45, 2.75) is 39.6 Å². The molecule has 1 rings (SSSR count). The summed E-state index contributed by atoms with van der Waals surface area (Å²) in [7, 11) is -1.38. The van der Waals surface area contributed by atoms with Crippen LogP contribution in [-0.2, 0) is 0 Å². The smallest absolute Gasteiger partial charge is 0.204 e. The van der Waals surface area contributed by atoms with Crippen molar-refractivity contribution >= 4 is 8.07 Å². The Labute approximate surface area is 104 Å². The summed E-state index contributed by atoms with van der Waals surface area (Å²) in [6.45, 7) is 10.5. The highest BCUT2D eigenvalue weighted by Gasteiger charge is 2.12. The fourth-order valence-electron chi connectivity index (χ4n) is 1.18. The Morgan fingerprint density at radius 3 is 2.12 bits per heavy atom. The van der Waals surface area contributed by atoms with Gasteiger partial charge in [0.2, 0.25) is 5.82 Å². The van der Waals surface area contributed by atoms with Gasteiger partial charge in [0.05, 0.1) is 6.10 Å². The predicted octanol–water partition coefficient (Wildman–Crippen LogP) is 2.39. The maximum atomic E-state index is 9.84. The summed E-state index contributed by atoms with van der Waals surface area (Å²) < 4.78 is 0. The molecule has 3 nitrogen and oxygen atoms in total. The number of aromatic nitrogens is 2. The van der Waals surface area contributed by atoms with Crippen LogP contribution in [0.3, 0.4) is 0 Å². The average molecular weight is 248 g/mol. The van der Waals surface area contributed by atoms with E-state index in [-0.39, 0.29) is 5.92 Å².